The van der Waals surface area contributed by atoms with Gasteiger partial charge in [-0.1, -0.05) is 27.7 Å². The molecule has 0 aliphatic carbocycles. The van der Waals surface area contributed by atoms with Crippen LogP contribution in [0.2, 0.25) is 0 Å². The van der Waals surface area contributed by atoms with Crippen molar-refractivity contribution in [1.29, 1.82) is 0 Å². The molecule has 0 heterocycles. The van der Waals surface area contributed by atoms with Gasteiger partial charge in [-0.25, -0.2) is 0 Å². The summed E-state index contributed by atoms with van der Waals surface area (Å²) in [6.07, 6.45) is 0.893. The number of nitrogens with one attached hydrogen (secondary N) is 1. The minimum absolute atomic E-state index is 0. The molecule has 15 heavy (non-hydrogen) atoms. The number of hydrogen-bond donors (Lipinski definition) is 1. The van der Waals surface area contributed by atoms with E-state index >= 15 is 0 Å². The third-order valence-electron chi connectivity index (χ3n) is 2.43. The van der Waals surface area contributed by atoms with Gasteiger partial charge in [-0.05, 0) is 19.3 Å². The van der Waals surface area contributed by atoms with E-state index in [2.05, 4.69) is 19.2 Å². The van der Waals surface area contributed by atoms with Crippen LogP contribution in [0.4, 0.5) is 0 Å². The summed E-state index contributed by atoms with van der Waals surface area (Å²) < 4.78 is 5.30. The molecule has 1 N–H and O–H groups in total. The molecule has 0 spiro atoms. The molecule has 92 valence electrons. The highest BCUT2D eigenvalue weighted by molar-refractivity contribution is 5.78. The molecule has 0 saturated carbocycles. The van der Waals surface area contributed by atoms with E-state index < -0.39 is 0 Å². The molecule has 0 radical (unpaired) electrons. The lowest BCUT2D eigenvalue weighted by atomic mass is 10.0. The van der Waals surface area contributed by atoms with Gasteiger partial charge < -0.3 is 10.1 Å². The number of ether oxygens (including phenoxy) is 1. The van der Waals surface area contributed by atoms with Crippen LogP contribution in [-0.4, -0.2) is 25.2 Å². The zero-order chi connectivity index (χ0) is 11.8. The lowest BCUT2D eigenvalue weighted by Gasteiger charge is -2.23. The standard InChI is InChI=1S/C12H25NO2.H2/c1-6-15-8-7-11(9(2)3)13-12(14)10(4)5;/h9-11H,6-8H2,1-5H3,(H,13,14);1H/t11-;/m0./s1. The summed E-state index contributed by atoms with van der Waals surface area (Å²) in [7, 11) is 0. The number of rotatable bonds is 7. The third kappa shape index (κ3) is 6.50. The van der Waals surface area contributed by atoms with Gasteiger partial charge in [0.15, 0.2) is 0 Å². The van der Waals surface area contributed by atoms with E-state index in [-0.39, 0.29) is 19.3 Å². The summed E-state index contributed by atoms with van der Waals surface area (Å²) in [6, 6.07) is 0.228. The Balaban J connectivity index is 0. The van der Waals surface area contributed by atoms with Crippen LogP contribution in [0.5, 0.6) is 0 Å². The van der Waals surface area contributed by atoms with Crippen molar-refractivity contribution in [3.63, 3.8) is 0 Å². The zero-order valence-corrected chi connectivity index (χ0v) is 10.7. The average Bonchev–Trinajstić information content (AvgIpc) is 2.15. The number of carbonyl (C=O) groups is 1. The largest absolute Gasteiger partial charge is 0.382 e. The monoisotopic (exact) mass is 217 g/mol. The SMILES string of the molecule is CCOCC[C@H](NC(=O)C(C)C)C(C)C.[HH]. The molecule has 0 bridgehead atoms. The van der Waals surface area contributed by atoms with E-state index in [1.165, 1.54) is 0 Å². The summed E-state index contributed by atoms with van der Waals surface area (Å²) in [5.74, 6) is 0.636. The van der Waals surface area contributed by atoms with Gasteiger partial charge in [-0.15, -0.1) is 0 Å². The van der Waals surface area contributed by atoms with Crippen molar-refractivity contribution in [2.45, 2.75) is 47.1 Å². The maximum atomic E-state index is 11.5. The van der Waals surface area contributed by atoms with Crippen LogP contribution in [0.25, 0.3) is 0 Å². The van der Waals surface area contributed by atoms with Gasteiger partial charge in [0, 0.05) is 26.6 Å². The summed E-state index contributed by atoms with van der Waals surface area (Å²) >= 11 is 0. The fourth-order valence-electron chi connectivity index (χ4n) is 1.28. The molecule has 1 atom stereocenters. The van der Waals surface area contributed by atoms with Crippen molar-refractivity contribution in [2.75, 3.05) is 13.2 Å². The maximum absolute atomic E-state index is 11.5. The van der Waals surface area contributed by atoms with Crippen LogP contribution in [-0.2, 0) is 9.53 Å². The van der Waals surface area contributed by atoms with Crippen LogP contribution in [0.3, 0.4) is 0 Å². The second-order valence-electron chi connectivity index (χ2n) is 4.50. The van der Waals surface area contributed by atoms with Gasteiger partial charge in [0.2, 0.25) is 5.91 Å². The first-order valence-electron chi connectivity index (χ1n) is 5.87. The van der Waals surface area contributed by atoms with Crippen LogP contribution < -0.4 is 5.32 Å². The molecule has 0 aromatic heterocycles. The van der Waals surface area contributed by atoms with E-state index in [1.54, 1.807) is 0 Å². The van der Waals surface area contributed by atoms with E-state index in [0.717, 1.165) is 19.6 Å². The fraction of sp³-hybridized carbons (Fsp3) is 0.917. The first kappa shape index (κ1) is 14.4. The minimum Gasteiger partial charge on any atom is -0.382 e. The van der Waals surface area contributed by atoms with Gasteiger partial charge in [-0.3, -0.25) is 4.79 Å². The quantitative estimate of drug-likeness (QED) is 0.665. The Kier molecular flexibility index (Phi) is 7.39. The molecule has 0 aliphatic heterocycles. The molecular formula is C12H27NO2. The molecule has 0 rings (SSSR count). The van der Waals surface area contributed by atoms with Crippen molar-refractivity contribution in [3.05, 3.63) is 0 Å². The lowest BCUT2D eigenvalue weighted by molar-refractivity contribution is -0.125. The molecule has 0 unspecified atom stereocenters. The second-order valence-corrected chi connectivity index (χ2v) is 4.50. The van der Waals surface area contributed by atoms with Crippen molar-refractivity contribution >= 4 is 5.91 Å². The molecule has 1 amide bonds. The summed E-state index contributed by atoms with van der Waals surface area (Å²) in [5, 5.41) is 3.06. The molecule has 0 aromatic rings. The van der Waals surface area contributed by atoms with Crippen LogP contribution in [0, 0.1) is 11.8 Å². The Hall–Kier alpha value is -0.570. The van der Waals surface area contributed by atoms with E-state index in [0.29, 0.717) is 5.92 Å². The van der Waals surface area contributed by atoms with Crippen LogP contribution in [0.15, 0.2) is 0 Å². The second kappa shape index (κ2) is 7.69. The third-order valence-corrected chi connectivity index (χ3v) is 2.43. The Morgan fingerprint density at radius 3 is 2.33 bits per heavy atom. The maximum Gasteiger partial charge on any atom is 0.222 e. The Morgan fingerprint density at radius 1 is 1.33 bits per heavy atom. The Bertz CT molecular complexity index is 184. The molecule has 3 heteroatoms. The smallest absolute Gasteiger partial charge is 0.222 e. The van der Waals surface area contributed by atoms with Crippen molar-refractivity contribution in [3.8, 4) is 0 Å². The summed E-state index contributed by atoms with van der Waals surface area (Å²) in [5.41, 5.74) is 0. The van der Waals surface area contributed by atoms with Crippen molar-refractivity contribution < 1.29 is 11.0 Å². The molecule has 0 saturated heterocycles. The van der Waals surface area contributed by atoms with Gasteiger partial charge in [-0.2, -0.15) is 0 Å². The van der Waals surface area contributed by atoms with Crippen molar-refractivity contribution in [1.82, 2.24) is 5.32 Å². The first-order valence-corrected chi connectivity index (χ1v) is 5.87. The summed E-state index contributed by atoms with van der Waals surface area (Å²) in [4.78, 5) is 11.5. The molecule has 0 aliphatic rings. The number of amides is 1. The number of hydrogen-bond acceptors (Lipinski definition) is 2. The highest BCUT2D eigenvalue weighted by Gasteiger charge is 2.17. The normalized spacial score (nSPS) is 13.3. The van der Waals surface area contributed by atoms with E-state index in [4.69, 9.17) is 4.74 Å². The summed E-state index contributed by atoms with van der Waals surface area (Å²) in [6.45, 7) is 11.5. The Labute approximate surface area is 95.1 Å². The topological polar surface area (TPSA) is 38.3 Å². The highest BCUT2D eigenvalue weighted by atomic mass is 16.5. The minimum atomic E-state index is 0. The average molecular weight is 217 g/mol. The lowest BCUT2D eigenvalue weighted by Crippen LogP contribution is -2.41. The fourth-order valence-corrected chi connectivity index (χ4v) is 1.28. The molecular weight excluding hydrogens is 190 g/mol. The van der Waals surface area contributed by atoms with Crippen LogP contribution >= 0.6 is 0 Å². The molecule has 3 nitrogen and oxygen atoms in total. The van der Waals surface area contributed by atoms with Gasteiger partial charge in [0.1, 0.15) is 0 Å². The van der Waals surface area contributed by atoms with Gasteiger partial charge in [0.25, 0.3) is 0 Å². The number of carbonyl (C=O) groups excluding carboxylic acids is 1. The predicted octanol–water partition coefficient (Wildman–Crippen LogP) is 2.46. The molecule has 0 fully saturated rings. The first-order chi connectivity index (χ1) is 6.99. The van der Waals surface area contributed by atoms with Crippen molar-refractivity contribution in [2.24, 2.45) is 11.8 Å². The van der Waals surface area contributed by atoms with Gasteiger partial charge >= 0.3 is 0 Å². The van der Waals surface area contributed by atoms with Crippen LogP contribution in [0.1, 0.15) is 42.5 Å². The Morgan fingerprint density at radius 2 is 1.93 bits per heavy atom. The van der Waals surface area contributed by atoms with E-state index in [1.807, 2.05) is 20.8 Å². The van der Waals surface area contributed by atoms with Gasteiger partial charge in [0.05, 0.1) is 0 Å². The zero-order valence-electron chi connectivity index (χ0n) is 10.7. The van der Waals surface area contributed by atoms with E-state index in [9.17, 15) is 4.79 Å². The highest BCUT2D eigenvalue weighted by Crippen LogP contribution is 2.07. The predicted molar refractivity (Wildman–Crippen MR) is 64.8 cm³/mol. The molecule has 0 aromatic carbocycles.